The Labute approximate surface area is 184 Å². The molecule has 2 N–H and O–H groups in total. The van der Waals surface area contributed by atoms with E-state index in [9.17, 15) is 22.8 Å². The highest BCUT2D eigenvalue weighted by Gasteiger charge is 2.54. The van der Waals surface area contributed by atoms with Crippen molar-refractivity contribution >= 4 is 11.8 Å². The van der Waals surface area contributed by atoms with Crippen LogP contribution in [-0.2, 0) is 9.59 Å². The van der Waals surface area contributed by atoms with E-state index in [1.54, 1.807) is 0 Å². The largest absolute Gasteiger partial charge is 0.486 e. The number of nitrogens with one attached hydrogen (secondary N) is 2. The van der Waals surface area contributed by atoms with Crippen molar-refractivity contribution in [3.8, 4) is 11.5 Å². The number of carbonyl (C=O) groups is 2. The number of halogens is 3. The fourth-order valence-electron chi connectivity index (χ4n) is 6.54. The summed E-state index contributed by atoms with van der Waals surface area (Å²) in [5.74, 6) is 1.21. The molecule has 6 nitrogen and oxygen atoms in total. The first-order chi connectivity index (χ1) is 15.2. The molecule has 1 atom stereocenters. The zero-order chi connectivity index (χ0) is 22.5. The molecular formula is C23H27F3N2O4. The Morgan fingerprint density at radius 1 is 1.00 bits per heavy atom. The highest BCUT2D eigenvalue weighted by Crippen LogP contribution is 2.60. The maximum Gasteiger partial charge on any atom is 0.412 e. The van der Waals surface area contributed by atoms with E-state index in [0.29, 0.717) is 30.1 Å². The summed E-state index contributed by atoms with van der Waals surface area (Å²) in [4.78, 5) is 25.4. The van der Waals surface area contributed by atoms with Crippen LogP contribution in [0.15, 0.2) is 18.2 Å². The molecule has 1 aromatic carbocycles. The van der Waals surface area contributed by atoms with E-state index >= 15 is 0 Å². The number of hydrogen-bond donors (Lipinski definition) is 2. The van der Waals surface area contributed by atoms with Gasteiger partial charge in [-0.1, -0.05) is 6.07 Å². The van der Waals surface area contributed by atoms with E-state index in [0.717, 1.165) is 19.3 Å². The first-order valence-corrected chi connectivity index (χ1v) is 11.3. The van der Waals surface area contributed by atoms with Crippen molar-refractivity contribution in [2.24, 2.45) is 23.2 Å². The second kappa shape index (κ2) is 7.85. The third-order valence-corrected chi connectivity index (χ3v) is 7.46. The summed E-state index contributed by atoms with van der Waals surface area (Å²) in [5, 5.41) is 4.67. The SMILES string of the molecule is O=C(CNC(=O)C12CC3CC(CC(C3)C1)C2)NC(c1ccc2c(c1)OCCO2)C(F)(F)F. The Morgan fingerprint density at radius 3 is 2.19 bits per heavy atom. The molecule has 0 saturated heterocycles. The van der Waals surface area contributed by atoms with Gasteiger partial charge in [0.25, 0.3) is 0 Å². The minimum Gasteiger partial charge on any atom is -0.486 e. The Bertz CT molecular complexity index is 882. The molecule has 1 heterocycles. The van der Waals surface area contributed by atoms with Gasteiger partial charge in [-0.25, -0.2) is 0 Å². The number of rotatable bonds is 5. The quantitative estimate of drug-likeness (QED) is 0.717. The lowest BCUT2D eigenvalue weighted by Gasteiger charge is -2.55. The molecule has 4 bridgehead atoms. The predicted molar refractivity (Wildman–Crippen MR) is 108 cm³/mol. The molecule has 1 aliphatic heterocycles. The van der Waals surface area contributed by atoms with E-state index < -0.39 is 30.1 Å². The van der Waals surface area contributed by atoms with Gasteiger partial charge in [0.15, 0.2) is 17.5 Å². The molecule has 6 rings (SSSR count). The average Bonchev–Trinajstić information content (AvgIpc) is 2.73. The number of amides is 2. The van der Waals surface area contributed by atoms with Crippen LogP contribution in [0.4, 0.5) is 13.2 Å². The van der Waals surface area contributed by atoms with Gasteiger partial charge in [-0.15, -0.1) is 0 Å². The van der Waals surface area contributed by atoms with Crippen LogP contribution in [0.2, 0.25) is 0 Å². The van der Waals surface area contributed by atoms with Crippen molar-refractivity contribution in [2.45, 2.75) is 50.7 Å². The monoisotopic (exact) mass is 452 g/mol. The van der Waals surface area contributed by atoms with Gasteiger partial charge in [-0.2, -0.15) is 13.2 Å². The van der Waals surface area contributed by atoms with Gasteiger partial charge in [-0.3, -0.25) is 9.59 Å². The number of alkyl halides is 3. The highest BCUT2D eigenvalue weighted by atomic mass is 19.4. The van der Waals surface area contributed by atoms with Gasteiger partial charge < -0.3 is 20.1 Å². The maximum atomic E-state index is 13.7. The molecule has 5 aliphatic rings. The topological polar surface area (TPSA) is 76.7 Å². The Hall–Kier alpha value is -2.45. The molecule has 4 aliphatic carbocycles. The molecule has 2 amide bonds. The van der Waals surface area contributed by atoms with Gasteiger partial charge in [0, 0.05) is 5.41 Å². The molecule has 9 heteroatoms. The van der Waals surface area contributed by atoms with Gasteiger partial charge in [0.2, 0.25) is 11.8 Å². The number of ether oxygens (including phenoxy) is 2. The normalized spacial score (nSPS) is 31.2. The summed E-state index contributed by atoms with van der Waals surface area (Å²) in [6.45, 7) is 0.1000. The second-order valence-corrected chi connectivity index (χ2v) is 9.83. The van der Waals surface area contributed by atoms with E-state index in [4.69, 9.17) is 9.47 Å². The lowest BCUT2D eigenvalue weighted by atomic mass is 9.49. The summed E-state index contributed by atoms with van der Waals surface area (Å²) < 4.78 is 51.9. The molecule has 4 saturated carbocycles. The molecule has 0 aromatic heterocycles. The number of fused-ring (bicyclic) bond motifs is 1. The fraction of sp³-hybridized carbons (Fsp3) is 0.652. The number of benzene rings is 1. The minimum atomic E-state index is -4.71. The predicted octanol–water partition coefficient (Wildman–Crippen LogP) is 3.51. The smallest absolute Gasteiger partial charge is 0.412 e. The minimum absolute atomic E-state index is 0.150. The van der Waals surface area contributed by atoms with Crippen LogP contribution < -0.4 is 20.1 Å². The van der Waals surface area contributed by atoms with Crippen molar-refractivity contribution in [1.82, 2.24) is 10.6 Å². The molecule has 1 unspecified atom stereocenters. The van der Waals surface area contributed by atoms with Crippen LogP contribution in [0.5, 0.6) is 11.5 Å². The second-order valence-electron chi connectivity index (χ2n) is 9.83. The molecule has 0 radical (unpaired) electrons. The third kappa shape index (κ3) is 4.01. The van der Waals surface area contributed by atoms with E-state index in [-0.39, 0.29) is 23.8 Å². The van der Waals surface area contributed by atoms with E-state index in [1.165, 1.54) is 37.5 Å². The Kier molecular flexibility index (Phi) is 5.25. The molecule has 174 valence electrons. The third-order valence-electron chi connectivity index (χ3n) is 7.46. The maximum absolute atomic E-state index is 13.7. The van der Waals surface area contributed by atoms with Crippen molar-refractivity contribution in [3.63, 3.8) is 0 Å². The van der Waals surface area contributed by atoms with Crippen molar-refractivity contribution in [3.05, 3.63) is 23.8 Å². The van der Waals surface area contributed by atoms with Gasteiger partial charge in [0.1, 0.15) is 13.2 Å². The van der Waals surface area contributed by atoms with Gasteiger partial charge in [0.05, 0.1) is 6.54 Å². The van der Waals surface area contributed by atoms with Crippen molar-refractivity contribution in [1.29, 1.82) is 0 Å². The molecular weight excluding hydrogens is 425 g/mol. The van der Waals surface area contributed by atoms with E-state index in [2.05, 4.69) is 5.32 Å². The summed E-state index contributed by atoms with van der Waals surface area (Å²) in [6, 6.07) is 1.70. The first kappa shape index (κ1) is 21.4. The van der Waals surface area contributed by atoms with Gasteiger partial charge in [-0.05, 0) is 74.0 Å². The van der Waals surface area contributed by atoms with Crippen LogP contribution in [0.25, 0.3) is 0 Å². The van der Waals surface area contributed by atoms with Crippen LogP contribution in [0.3, 0.4) is 0 Å². The summed E-state index contributed by atoms with van der Waals surface area (Å²) in [7, 11) is 0. The Morgan fingerprint density at radius 2 is 1.59 bits per heavy atom. The van der Waals surface area contributed by atoms with Crippen molar-refractivity contribution < 1.29 is 32.2 Å². The van der Waals surface area contributed by atoms with Crippen LogP contribution in [0.1, 0.15) is 50.1 Å². The summed E-state index contributed by atoms with van der Waals surface area (Å²) in [6.07, 6.45) is 1.31. The van der Waals surface area contributed by atoms with Crippen LogP contribution in [-0.4, -0.2) is 37.7 Å². The van der Waals surface area contributed by atoms with Gasteiger partial charge >= 0.3 is 6.18 Å². The molecule has 4 fully saturated rings. The highest BCUT2D eigenvalue weighted by molar-refractivity contribution is 5.88. The molecule has 0 spiro atoms. The number of carbonyl (C=O) groups excluding carboxylic acids is 2. The number of hydrogen-bond acceptors (Lipinski definition) is 4. The van der Waals surface area contributed by atoms with Crippen LogP contribution >= 0.6 is 0 Å². The average molecular weight is 452 g/mol. The van der Waals surface area contributed by atoms with E-state index in [1.807, 2.05) is 5.32 Å². The summed E-state index contributed by atoms with van der Waals surface area (Å²) in [5.41, 5.74) is -0.601. The first-order valence-electron chi connectivity index (χ1n) is 11.3. The molecule has 1 aromatic rings. The zero-order valence-corrected chi connectivity index (χ0v) is 17.7. The van der Waals surface area contributed by atoms with Crippen molar-refractivity contribution in [2.75, 3.05) is 19.8 Å². The fourth-order valence-corrected chi connectivity index (χ4v) is 6.54. The summed E-state index contributed by atoms with van der Waals surface area (Å²) >= 11 is 0. The Balaban J connectivity index is 1.23. The lowest BCUT2D eigenvalue weighted by Crippen LogP contribution is -2.55. The van der Waals surface area contributed by atoms with Crippen LogP contribution in [0, 0.1) is 23.2 Å². The molecule has 32 heavy (non-hydrogen) atoms. The zero-order valence-electron chi connectivity index (χ0n) is 17.7. The standard InChI is InChI=1S/C23H27F3N2O4/c24-23(25,26)20(16-1-2-17-18(8-16)32-4-3-31-17)28-19(29)12-27-21(30)22-9-13-5-14(10-22)7-15(6-13)11-22/h1-2,8,13-15,20H,3-7,9-12H2,(H,27,30)(H,28,29). The lowest BCUT2D eigenvalue weighted by molar-refractivity contribution is -0.163.